The summed E-state index contributed by atoms with van der Waals surface area (Å²) in [5.74, 6) is 0. The second-order valence-corrected chi connectivity index (χ2v) is 6.53. The van der Waals surface area contributed by atoms with E-state index in [9.17, 15) is 4.79 Å². The highest BCUT2D eigenvalue weighted by Crippen LogP contribution is 2.24. The summed E-state index contributed by atoms with van der Waals surface area (Å²) in [5.41, 5.74) is 3.97. The van der Waals surface area contributed by atoms with Crippen LogP contribution in [0.4, 0.5) is 16.2 Å². The monoisotopic (exact) mass is 379 g/mol. The van der Waals surface area contributed by atoms with E-state index in [2.05, 4.69) is 64.1 Å². The maximum atomic E-state index is 11.6. The molecule has 0 bridgehead atoms. The zero-order valence-corrected chi connectivity index (χ0v) is 15.8. The van der Waals surface area contributed by atoms with Gasteiger partial charge in [-0.3, -0.25) is 0 Å². The first-order chi connectivity index (χ1) is 14.3. The molecule has 0 radical (unpaired) electrons. The molecule has 0 saturated carbocycles. The van der Waals surface area contributed by atoms with Crippen LogP contribution in [0.25, 0.3) is 21.8 Å². The lowest BCUT2D eigenvalue weighted by Crippen LogP contribution is -2.19. The highest BCUT2D eigenvalue weighted by Gasteiger charge is 2.01. The first-order valence-corrected chi connectivity index (χ1v) is 9.43. The number of carbonyl (C=O) groups excluding carboxylic acids is 1. The minimum absolute atomic E-state index is 0.239. The maximum Gasteiger partial charge on any atom is 0.323 e. The third-order valence-electron chi connectivity index (χ3n) is 4.48. The number of rotatable bonds is 2. The van der Waals surface area contributed by atoms with Crippen LogP contribution in [0.15, 0.2) is 109 Å². The molecule has 3 N–H and O–H groups in total. The van der Waals surface area contributed by atoms with E-state index in [1.165, 1.54) is 21.8 Å². The van der Waals surface area contributed by atoms with Crippen LogP contribution in [0.3, 0.4) is 0 Å². The number of anilines is 2. The molecule has 0 aliphatic rings. The lowest BCUT2D eigenvalue weighted by atomic mass is 10.2. The summed E-state index contributed by atoms with van der Waals surface area (Å²) >= 11 is 0. The summed E-state index contributed by atoms with van der Waals surface area (Å²) in [6, 6.07) is 35.2. The van der Waals surface area contributed by atoms with Gasteiger partial charge in [-0.1, -0.05) is 72.8 Å². The van der Waals surface area contributed by atoms with E-state index < -0.39 is 0 Å². The standard InChI is InChI=1S/C13H12N2O.C12H9N/c16-13(14-11-7-3-1-4-8-11)15-12-9-5-2-6-10-12;1-3-7-11-9(5-1)10-6-2-4-8-12(10)13-11/h1-10H,(H2,14,15,16);1-8,13H. The second kappa shape index (κ2) is 8.76. The van der Waals surface area contributed by atoms with E-state index in [1.807, 2.05) is 60.7 Å². The quantitative estimate of drug-likeness (QED) is 0.316. The Morgan fingerprint density at radius 3 is 1.34 bits per heavy atom. The number of amides is 2. The van der Waals surface area contributed by atoms with Gasteiger partial charge in [0.15, 0.2) is 0 Å². The fourth-order valence-electron chi connectivity index (χ4n) is 3.14. The van der Waals surface area contributed by atoms with Crippen LogP contribution in [0, 0.1) is 0 Å². The number of aromatic amines is 1. The van der Waals surface area contributed by atoms with Crippen LogP contribution in [-0.4, -0.2) is 11.0 Å². The zero-order valence-electron chi connectivity index (χ0n) is 15.8. The van der Waals surface area contributed by atoms with Crippen molar-refractivity contribution in [1.29, 1.82) is 0 Å². The van der Waals surface area contributed by atoms with Crippen molar-refractivity contribution in [1.82, 2.24) is 4.98 Å². The van der Waals surface area contributed by atoms with Crippen molar-refractivity contribution in [3.63, 3.8) is 0 Å². The topological polar surface area (TPSA) is 56.9 Å². The number of H-pyrrole nitrogens is 1. The molecule has 142 valence electrons. The number of urea groups is 1. The minimum Gasteiger partial charge on any atom is -0.355 e. The highest BCUT2D eigenvalue weighted by atomic mass is 16.2. The third kappa shape index (κ3) is 4.62. The average molecular weight is 379 g/mol. The van der Waals surface area contributed by atoms with Crippen molar-refractivity contribution >= 4 is 39.2 Å². The first kappa shape index (κ1) is 18.3. The number of hydrogen-bond acceptors (Lipinski definition) is 1. The van der Waals surface area contributed by atoms with Crippen molar-refractivity contribution in [3.8, 4) is 0 Å². The van der Waals surface area contributed by atoms with Gasteiger partial charge in [-0.05, 0) is 36.4 Å². The molecule has 0 aliphatic heterocycles. The summed E-state index contributed by atoms with van der Waals surface area (Å²) in [5, 5.41) is 8.09. The lowest BCUT2D eigenvalue weighted by molar-refractivity contribution is 0.262. The van der Waals surface area contributed by atoms with Crippen molar-refractivity contribution in [2.75, 3.05) is 10.6 Å². The van der Waals surface area contributed by atoms with Crippen LogP contribution < -0.4 is 10.6 Å². The van der Waals surface area contributed by atoms with Crippen LogP contribution in [-0.2, 0) is 0 Å². The fourth-order valence-corrected chi connectivity index (χ4v) is 3.14. The molecule has 0 fully saturated rings. The molecule has 2 amide bonds. The lowest BCUT2D eigenvalue weighted by Gasteiger charge is -2.06. The smallest absolute Gasteiger partial charge is 0.323 e. The van der Waals surface area contributed by atoms with E-state index in [1.54, 1.807) is 0 Å². The largest absolute Gasteiger partial charge is 0.355 e. The van der Waals surface area contributed by atoms with Crippen molar-refractivity contribution in [2.45, 2.75) is 0 Å². The second-order valence-electron chi connectivity index (χ2n) is 6.53. The van der Waals surface area contributed by atoms with Crippen LogP contribution >= 0.6 is 0 Å². The Labute approximate surface area is 169 Å². The van der Waals surface area contributed by atoms with Gasteiger partial charge in [-0.15, -0.1) is 0 Å². The van der Waals surface area contributed by atoms with E-state index in [-0.39, 0.29) is 6.03 Å². The highest BCUT2D eigenvalue weighted by molar-refractivity contribution is 6.07. The van der Waals surface area contributed by atoms with Gasteiger partial charge in [-0.2, -0.15) is 0 Å². The average Bonchev–Trinajstić information content (AvgIpc) is 3.14. The van der Waals surface area contributed by atoms with E-state index in [0.717, 1.165) is 11.4 Å². The molecule has 4 nitrogen and oxygen atoms in total. The SMILES string of the molecule is O=C(Nc1ccccc1)Nc1ccccc1.c1ccc2c(c1)[nH]c1ccccc12. The first-order valence-electron chi connectivity index (χ1n) is 9.43. The number of aromatic nitrogens is 1. The Morgan fingerprint density at radius 1 is 0.517 bits per heavy atom. The molecule has 1 aromatic heterocycles. The van der Waals surface area contributed by atoms with Crippen LogP contribution in [0.1, 0.15) is 0 Å². The van der Waals surface area contributed by atoms with Gasteiger partial charge in [-0.25, -0.2) is 4.79 Å². The van der Waals surface area contributed by atoms with Gasteiger partial charge >= 0.3 is 6.03 Å². The summed E-state index contributed by atoms with van der Waals surface area (Å²) in [4.78, 5) is 14.9. The number of benzene rings is 4. The van der Waals surface area contributed by atoms with E-state index >= 15 is 0 Å². The molecule has 29 heavy (non-hydrogen) atoms. The molecular formula is C25H21N3O. The van der Waals surface area contributed by atoms with E-state index in [0.29, 0.717) is 0 Å². The van der Waals surface area contributed by atoms with Crippen LogP contribution in [0.2, 0.25) is 0 Å². The number of nitrogens with one attached hydrogen (secondary N) is 3. The van der Waals surface area contributed by atoms with Gasteiger partial charge < -0.3 is 15.6 Å². The number of hydrogen-bond donors (Lipinski definition) is 3. The van der Waals surface area contributed by atoms with Crippen molar-refractivity contribution in [3.05, 3.63) is 109 Å². The molecule has 4 aromatic carbocycles. The molecule has 5 aromatic rings. The normalized spacial score (nSPS) is 10.2. The van der Waals surface area contributed by atoms with Gasteiger partial charge in [0.1, 0.15) is 0 Å². The van der Waals surface area contributed by atoms with Gasteiger partial charge in [0.05, 0.1) is 0 Å². The Morgan fingerprint density at radius 2 is 0.897 bits per heavy atom. The summed E-state index contributed by atoms with van der Waals surface area (Å²) < 4.78 is 0. The molecule has 1 heterocycles. The Bertz CT molecular complexity index is 1120. The van der Waals surface area contributed by atoms with Crippen LogP contribution in [0.5, 0.6) is 0 Å². The van der Waals surface area contributed by atoms with Crippen molar-refractivity contribution < 1.29 is 4.79 Å². The van der Waals surface area contributed by atoms with Crippen molar-refractivity contribution in [2.24, 2.45) is 0 Å². The Kier molecular flexibility index (Phi) is 5.53. The zero-order chi connectivity index (χ0) is 19.9. The third-order valence-corrected chi connectivity index (χ3v) is 4.48. The van der Waals surface area contributed by atoms with Gasteiger partial charge in [0, 0.05) is 33.2 Å². The fraction of sp³-hybridized carbons (Fsp3) is 0. The Hall–Kier alpha value is -4.05. The summed E-state index contributed by atoms with van der Waals surface area (Å²) in [6.45, 7) is 0. The Balaban J connectivity index is 0.000000144. The summed E-state index contributed by atoms with van der Waals surface area (Å²) in [6.07, 6.45) is 0. The molecule has 0 spiro atoms. The molecule has 5 rings (SSSR count). The molecular weight excluding hydrogens is 358 g/mol. The molecule has 0 saturated heterocycles. The predicted octanol–water partition coefficient (Wildman–Crippen LogP) is 6.65. The number of carbonyl (C=O) groups is 1. The molecule has 0 atom stereocenters. The number of fused-ring (bicyclic) bond motifs is 3. The summed E-state index contributed by atoms with van der Waals surface area (Å²) in [7, 11) is 0. The predicted molar refractivity (Wildman–Crippen MR) is 121 cm³/mol. The molecule has 0 aliphatic carbocycles. The maximum absolute atomic E-state index is 11.6. The van der Waals surface area contributed by atoms with Gasteiger partial charge in [0.2, 0.25) is 0 Å². The molecule has 4 heteroatoms. The van der Waals surface area contributed by atoms with Gasteiger partial charge in [0.25, 0.3) is 0 Å². The van der Waals surface area contributed by atoms with E-state index in [4.69, 9.17) is 0 Å². The number of para-hydroxylation sites is 4. The molecule has 0 unspecified atom stereocenters. The minimum atomic E-state index is -0.239.